The van der Waals surface area contributed by atoms with Crippen LogP contribution >= 0.6 is 12.2 Å². The Hall–Kier alpha value is -2.66. The third-order valence-corrected chi connectivity index (χ3v) is 5.20. The molecule has 0 spiro atoms. The number of hydrogen-bond acceptors (Lipinski definition) is 2. The standard InChI is InChI=1S/C20H20N4S/c1-14-8-3-4-10-16(14)24-13-7-11-17(24)19-18(22-20(25)23(19)2)15-9-5-6-12-21-15/h3-13,18-19H,1-2H3,(H,22,25)/t18-,19-/m1/s1. The highest BCUT2D eigenvalue weighted by atomic mass is 32.1. The summed E-state index contributed by atoms with van der Waals surface area (Å²) in [6.07, 6.45) is 3.94. The summed E-state index contributed by atoms with van der Waals surface area (Å²) in [4.78, 5) is 6.68. The van der Waals surface area contributed by atoms with E-state index in [1.54, 1.807) is 0 Å². The minimum atomic E-state index is 0.0244. The number of aryl methyl sites for hydroxylation is 1. The number of thiocarbonyl (C=S) groups is 1. The highest BCUT2D eigenvalue weighted by molar-refractivity contribution is 7.80. The zero-order valence-electron chi connectivity index (χ0n) is 14.3. The van der Waals surface area contributed by atoms with E-state index >= 15 is 0 Å². The molecular formula is C20H20N4S. The molecule has 4 rings (SSSR count). The lowest BCUT2D eigenvalue weighted by Gasteiger charge is -2.26. The van der Waals surface area contributed by atoms with Crippen LogP contribution in [0.5, 0.6) is 0 Å². The van der Waals surface area contributed by atoms with E-state index in [0.717, 1.165) is 10.8 Å². The molecule has 126 valence electrons. The first-order valence-corrected chi connectivity index (χ1v) is 8.75. The molecule has 1 aliphatic heterocycles. The van der Waals surface area contributed by atoms with Crippen LogP contribution in [0.4, 0.5) is 0 Å². The van der Waals surface area contributed by atoms with E-state index in [2.05, 4.69) is 69.3 Å². The largest absolute Gasteiger partial charge is 0.352 e. The monoisotopic (exact) mass is 348 g/mol. The molecule has 0 saturated carbocycles. The van der Waals surface area contributed by atoms with Gasteiger partial charge in [0.2, 0.25) is 0 Å². The molecule has 1 fully saturated rings. The van der Waals surface area contributed by atoms with E-state index in [-0.39, 0.29) is 12.1 Å². The summed E-state index contributed by atoms with van der Waals surface area (Å²) in [5.74, 6) is 0. The van der Waals surface area contributed by atoms with Crippen LogP contribution < -0.4 is 5.32 Å². The molecule has 5 heteroatoms. The summed E-state index contributed by atoms with van der Waals surface area (Å²) in [6, 6.07) is 18.8. The van der Waals surface area contributed by atoms with Gasteiger partial charge in [-0.2, -0.15) is 0 Å². The van der Waals surface area contributed by atoms with Gasteiger partial charge >= 0.3 is 0 Å². The Morgan fingerprint density at radius 3 is 2.60 bits per heavy atom. The van der Waals surface area contributed by atoms with E-state index in [0.29, 0.717) is 0 Å². The van der Waals surface area contributed by atoms with E-state index in [4.69, 9.17) is 12.2 Å². The Kier molecular flexibility index (Phi) is 4.01. The van der Waals surface area contributed by atoms with Gasteiger partial charge in [-0.15, -0.1) is 0 Å². The van der Waals surface area contributed by atoms with Crippen molar-refractivity contribution in [3.63, 3.8) is 0 Å². The van der Waals surface area contributed by atoms with Gasteiger partial charge in [-0.1, -0.05) is 24.3 Å². The summed E-state index contributed by atoms with van der Waals surface area (Å²) in [7, 11) is 2.04. The third kappa shape index (κ3) is 2.70. The summed E-state index contributed by atoms with van der Waals surface area (Å²) < 4.78 is 2.25. The number of hydrogen-bond donors (Lipinski definition) is 1. The normalized spacial score (nSPS) is 19.9. The van der Waals surface area contributed by atoms with Crippen molar-refractivity contribution in [1.29, 1.82) is 0 Å². The fraction of sp³-hybridized carbons (Fsp3) is 0.200. The Labute approximate surface area is 153 Å². The van der Waals surface area contributed by atoms with Crippen LogP contribution in [0.15, 0.2) is 67.0 Å². The summed E-state index contributed by atoms with van der Waals surface area (Å²) >= 11 is 5.53. The van der Waals surface area contributed by atoms with Crippen LogP contribution in [-0.4, -0.2) is 26.6 Å². The highest BCUT2D eigenvalue weighted by Gasteiger charge is 2.39. The van der Waals surface area contributed by atoms with Crippen molar-refractivity contribution >= 4 is 17.3 Å². The Morgan fingerprint density at radius 2 is 1.84 bits per heavy atom. The van der Waals surface area contributed by atoms with Gasteiger partial charge in [0.15, 0.2) is 5.11 Å². The molecule has 1 N–H and O–H groups in total. The number of para-hydroxylation sites is 1. The first kappa shape index (κ1) is 15.8. The molecule has 0 amide bonds. The van der Waals surface area contributed by atoms with Crippen LogP contribution in [0.1, 0.15) is 29.0 Å². The fourth-order valence-electron chi connectivity index (χ4n) is 3.52. The van der Waals surface area contributed by atoms with E-state index in [9.17, 15) is 0 Å². The van der Waals surface area contributed by atoms with Gasteiger partial charge in [0.05, 0.1) is 17.8 Å². The van der Waals surface area contributed by atoms with Gasteiger partial charge in [-0.05, 0) is 55.0 Å². The average molecular weight is 348 g/mol. The van der Waals surface area contributed by atoms with Crippen molar-refractivity contribution in [3.8, 4) is 5.69 Å². The Balaban J connectivity index is 1.82. The number of nitrogens with zero attached hydrogens (tertiary/aromatic N) is 3. The number of aromatic nitrogens is 2. The quantitative estimate of drug-likeness (QED) is 0.730. The van der Waals surface area contributed by atoms with Crippen LogP contribution in [0, 0.1) is 6.92 Å². The molecule has 3 aromatic rings. The highest BCUT2D eigenvalue weighted by Crippen LogP contribution is 2.38. The van der Waals surface area contributed by atoms with Gasteiger partial charge in [0, 0.05) is 30.8 Å². The number of rotatable bonds is 3. The lowest BCUT2D eigenvalue weighted by Crippen LogP contribution is -2.26. The fourth-order valence-corrected chi connectivity index (χ4v) is 3.76. The van der Waals surface area contributed by atoms with Crippen molar-refractivity contribution < 1.29 is 0 Å². The lowest BCUT2D eigenvalue weighted by atomic mass is 10.0. The maximum Gasteiger partial charge on any atom is 0.169 e. The molecule has 25 heavy (non-hydrogen) atoms. The molecule has 1 saturated heterocycles. The van der Waals surface area contributed by atoms with Crippen LogP contribution in [0.3, 0.4) is 0 Å². The molecule has 0 radical (unpaired) electrons. The van der Waals surface area contributed by atoms with Gasteiger partial charge in [0.25, 0.3) is 0 Å². The van der Waals surface area contributed by atoms with Crippen LogP contribution in [0.25, 0.3) is 5.69 Å². The summed E-state index contributed by atoms with van der Waals surface area (Å²) in [6.45, 7) is 2.14. The van der Waals surface area contributed by atoms with Crippen LogP contribution in [-0.2, 0) is 0 Å². The van der Waals surface area contributed by atoms with Gasteiger partial charge in [-0.3, -0.25) is 4.98 Å². The average Bonchev–Trinajstić information content (AvgIpc) is 3.21. The van der Waals surface area contributed by atoms with Crippen LogP contribution in [0.2, 0.25) is 0 Å². The summed E-state index contributed by atoms with van der Waals surface area (Å²) in [5.41, 5.74) is 4.62. The molecule has 2 aromatic heterocycles. The Bertz CT molecular complexity index is 903. The maximum atomic E-state index is 5.53. The van der Waals surface area contributed by atoms with Gasteiger partial charge in [0.1, 0.15) is 0 Å². The number of benzene rings is 1. The SMILES string of the molecule is Cc1ccccc1-n1cccc1[C@@H]1[C@@H](c2ccccn2)NC(=S)N1C. The van der Waals surface area contributed by atoms with Gasteiger partial charge in [-0.25, -0.2) is 0 Å². The predicted octanol–water partition coefficient (Wildman–Crippen LogP) is 3.78. The molecule has 1 aromatic carbocycles. The second kappa shape index (κ2) is 6.33. The van der Waals surface area contributed by atoms with Gasteiger partial charge < -0.3 is 14.8 Å². The topological polar surface area (TPSA) is 33.1 Å². The van der Waals surface area contributed by atoms with E-state index in [1.807, 2.05) is 31.4 Å². The van der Waals surface area contributed by atoms with Crippen molar-refractivity contribution in [2.75, 3.05) is 7.05 Å². The third-order valence-electron chi connectivity index (χ3n) is 4.80. The first-order valence-electron chi connectivity index (χ1n) is 8.34. The van der Waals surface area contributed by atoms with E-state index < -0.39 is 0 Å². The smallest absolute Gasteiger partial charge is 0.169 e. The lowest BCUT2D eigenvalue weighted by molar-refractivity contribution is 0.357. The zero-order chi connectivity index (χ0) is 17.4. The molecule has 0 aliphatic carbocycles. The molecule has 4 nitrogen and oxygen atoms in total. The number of likely N-dealkylation sites (N-methyl/N-ethyl adjacent to an activating group) is 1. The number of nitrogens with one attached hydrogen (secondary N) is 1. The van der Waals surface area contributed by atoms with E-state index in [1.165, 1.54) is 16.9 Å². The van der Waals surface area contributed by atoms with Crippen molar-refractivity contribution in [3.05, 3.63) is 83.9 Å². The minimum absolute atomic E-state index is 0.0244. The molecule has 3 heterocycles. The molecule has 0 unspecified atom stereocenters. The molecule has 0 bridgehead atoms. The first-order chi connectivity index (χ1) is 12.2. The second-order valence-corrected chi connectivity index (χ2v) is 6.71. The molecular weight excluding hydrogens is 328 g/mol. The Morgan fingerprint density at radius 1 is 1.04 bits per heavy atom. The minimum Gasteiger partial charge on any atom is -0.352 e. The van der Waals surface area contributed by atoms with Crippen molar-refractivity contribution in [2.45, 2.75) is 19.0 Å². The number of pyridine rings is 1. The molecule has 2 atom stereocenters. The van der Waals surface area contributed by atoms with Crippen molar-refractivity contribution in [2.24, 2.45) is 0 Å². The maximum absolute atomic E-state index is 5.53. The predicted molar refractivity (Wildman–Crippen MR) is 104 cm³/mol. The zero-order valence-corrected chi connectivity index (χ0v) is 15.1. The second-order valence-electron chi connectivity index (χ2n) is 6.33. The van der Waals surface area contributed by atoms with Crippen molar-refractivity contribution in [1.82, 2.24) is 19.8 Å². The summed E-state index contributed by atoms with van der Waals surface area (Å²) in [5, 5.41) is 4.18. The molecule has 1 aliphatic rings.